The van der Waals surface area contributed by atoms with Crippen molar-refractivity contribution in [2.24, 2.45) is 10.2 Å². The molecule has 1 heterocycles. The number of hydrogen-bond acceptors (Lipinski definition) is 3. The van der Waals surface area contributed by atoms with Crippen LogP contribution in [-0.4, -0.2) is 41.3 Å². The van der Waals surface area contributed by atoms with Crippen molar-refractivity contribution < 1.29 is 9.90 Å². The lowest BCUT2D eigenvalue weighted by Gasteiger charge is -2.20. The van der Waals surface area contributed by atoms with Crippen molar-refractivity contribution in [3.63, 3.8) is 0 Å². The zero-order valence-electron chi connectivity index (χ0n) is 8.47. The van der Waals surface area contributed by atoms with Crippen LogP contribution in [0.2, 0.25) is 0 Å². The maximum Gasteiger partial charge on any atom is 0.407 e. The molecule has 86 valence electrons. The molecule has 0 unspecified atom stereocenters. The highest BCUT2D eigenvalue weighted by molar-refractivity contribution is 5.65. The molecule has 1 saturated heterocycles. The zero-order chi connectivity index (χ0) is 12.0. The summed E-state index contributed by atoms with van der Waals surface area (Å²) in [6.07, 6.45) is 0.0602. The summed E-state index contributed by atoms with van der Waals surface area (Å²) in [5.74, 6) is 0. The summed E-state index contributed by atoms with van der Waals surface area (Å²) < 4.78 is 0. The van der Waals surface area contributed by atoms with Crippen molar-refractivity contribution >= 4 is 6.09 Å². The van der Waals surface area contributed by atoms with Crippen LogP contribution in [0.3, 0.4) is 0 Å². The minimum Gasteiger partial charge on any atom is -0.465 e. The van der Waals surface area contributed by atoms with Crippen LogP contribution < -0.4 is 0 Å². The predicted molar refractivity (Wildman–Crippen MR) is 54.7 cm³/mol. The normalized spacial score (nSPS) is 24.9. The van der Waals surface area contributed by atoms with E-state index in [4.69, 9.17) is 16.2 Å². The Bertz CT molecular complexity index is 358. The van der Waals surface area contributed by atoms with Crippen molar-refractivity contribution in [2.45, 2.75) is 24.9 Å². The molecule has 1 aliphatic heterocycles. The van der Waals surface area contributed by atoms with E-state index in [0.717, 1.165) is 0 Å². The number of hydrogen-bond donors (Lipinski definition) is 1. The van der Waals surface area contributed by atoms with Gasteiger partial charge in [-0.15, -0.1) is 0 Å². The molecule has 0 aromatic rings. The van der Waals surface area contributed by atoms with E-state index < -0.39 is 18.2 Å². The SMILES string of the molecule is [N-]=[N+]=N[C@H]1CCCN(C(=O)O)C[C@H]1N=[N+]=[N-]. The first kappa shape index (κ1) is 12.0. The second-order valence-corrected chi connectivity index (χ2v) is 3.42. The summed E-state index contributed by atoms with van der Waals surface area (Å²) in [7, 11) is 0. The maximum absolute atomic E-state index is 10.8. The van der Waals surface area contributed by atoms with E-state index in [9.17, 15) is 4.79 Å². The van der Waals surface area contributed by atoms with Crippen LogP contribution in [0.5, 0.6) is 0 Å². The number of likely N-dealkylation sites (tertiary alicyclic amines) is 1. The third-order valence-corrected chi connectivity index (χ3v) is 2.45. The number of carboxylic acid groups (broad SMARTS) is 1. The van der Waals surface area contributed by atoms with E-state index in [1.165, 1.54) is 4.90 Å². The lowest BCUT2D eigenvalue weighted by atomic mass is 10.1. The molecule has 9 nitrogen and oxygen atoms in total. The average molecular weight is 225 g/mol. The van der Waals surface area contributed by atoms with Gasteiger partial charge in [0.2, 0.25) is 0 Å². The van der Waals surface area contributed by atoms with Crippen LogP contribution in [0.4, 0.5) is 4.79 Å². The minimum absolute atomic E-state index is 0.0725. The Morgan fingerprint density at radius 2 is 1.94 bits per heavy atom. The second kappa shape index (κ2) is 5.69. The minimum atomic E-state index is -1.06. The van der Waals surface area contributed by atoms with Crippen LogP contribution in [0.1, 0.15) is 12.8 Å². The zero-order valence-corrected chi connectivity index (χ0v) is 8.47. The smallest absolute Gasteiger partial charge is 0.407 e. The van der Waals surface area contributed by atoms with Gasteiger partial charge in [0.05, 0.1) is 6.04 Å². The largest absolute Gasteiger partial charge is 0.465 e. The average Bonchev–Trinajstić information content (AvgIpc) is 2.43. The summed E-state index contributed by atoms with van der Waals surface area (Å²) >= 11 is 0. The molecule has 1 rings (SSSR count). The molecule has 0 saturated carbocycles. The molecule has 0 aromatic heterocycles. The van der Waals surface area contributed by atoms with Gasteiger partial charge in [-0.3, -0.25) is 0 Å². The van der Waals surface area contributed by atoms with E-state index in [-0.39, 0.29) is 6.54 Å². The molecule has 2 atom stereocenters. The second-order valence-electron chi connectivity index (χ2n) is 3.42. The van der Waals surface area contributed by atoms with Gasteiger partial charge in [0.25, 0.3) is 0 Å². The number of nitrogens with zero attached hydrogens (tertiary/aromatic N) is 7. The highest BCUT2D eigenvalue weighted by atomic mass is 16.4. The fourth-order valence-electron chi connectivity index (χ4n) is 1.68. The van der Waals surface area contributed by atoms with Gasteiger partial charge < -0.3 is 10.0 Å². The van der Waals surface area contributed by atoms with Gasteiger partial charge in [0.15, 0.2) is 0 Å². The quantitative estimate of drug-likeness (QED) is 0.437. The Labute approximate surface area is 90.9 Å². The molecule has 0 spiro atoms. The van der Waals surface area contributed by atoms with Gasteiger partial charge in [-0.05, 0) is 23.9 Å². The topological polar surface area (TPSA) is 138 Å². The third-order valence-electron chi connectivity index (χ3n) is 2.45. The first-order valence-electron chi connectivity index (χ1n) is 4.75. The molecule has 1 N–H and O–H groups in total. The molecule has 9 heteroatoms. The van der Waals surface area contributed by atoms with Crippen molar-refractivity contribution in [3.05, 3.63) is 20.9 Å². The van der Waals surface area contributed by atoms with Crippen molar-refractivity contribution in [1.82, 2.24) is 4.90 Å². The molecule has 16 heavy (non-hydrogen) atoms. The Kier molecular flexibility index (Phi) is 4.26. The molecular formula is C7H11N7O2. The summed E-state index contributed by atoms with van der Waals surface area (Å²) in [4.78, 5) is 17.3. The van der Waals surface area contributed by atoms with E-state index >= 15 is 0 Å². The highest BCUT2D eigenvalue weighted by Crippen LogP contribution is 2.18. The van der Waals surface area contributed by atoms with E-state index in [2.05, 4.69) is 20.1 Å². The van der Waals surface area contributed by atoms with Crippen LogP contribution in [0.15, 0.2) is 10.2 Å². The lowest BCUT2D eigenvalue weighted by Crippen LogP contribution is -2.37. The van der Waals surface area contributed by atoms with Gasteiger partial charge in [-0.2, -0.15) is 0 Å². The maximum atomic E-state index is 10.8. The van der Waals surface area contributed by atoms with Crippen LogP contribution in [0, 0.1) is 0 Å². The predicted octanol–water partition coefficient (Wildman–Crippen LogP) is 2.12. The van der Waals surface area contributed by atoms with Gasteiger partial charge in [0.1, 0.15) is 0 Å². The van der Waals surface area contributed by atoms with Crippen molar-refractivity contribution in [1.29, 1.82) is 0 Å². The standard InChI is InChI=1S/C7H11N7O2/c8-12-10-5-2-1-3-14(7(15)16)4-6(5)11-13-9/h5-6H,1-4H2,(H,15,16)/t5-,6+/m0/s1. The first-order valence-corrected chi connectivity index (χ1v) is 4.75. The number of amides is 1. The molecule has 1 amide bonds. The summed E-state index contributed by atoms with van der Waals surface area (Å²) in [6, 6.07) is -1.09. The Morgan fingerprint density at radius 3 is 2.50 bits per heavy atom. The lowest BCUT2D eigenvalue weighted by molar-refractivity contribution is 0.144. The number of rotatable bonds is 2. The third kappa shape index (κ3) is 2.94. The van der Waals surface area contributed by atoms with Crippen molar-refractivity contribution in [3.8, 4) is 0 Å². The molecule has 1 fully saturated rings. The summed E-state index contributed by atoms with van der Waals surface area (Å²) in [5, 5.41) is 15.9. The van der Waals surface area contributed by atoms with Gasteiger partial charge in [-0.1, -0.05) is 10.2 Å². The monoisotopic (exact) mass is 225 g/mol. The fraction of sp³-hybridized carbons (Fsp3) is 0.857. The van der Waals surface area contributed by atoms with Gasteiger partial charge in [0, 0.05) is 29.0 Å². The van der Waals surface area contributed by atoms with Gasteiger partial charge >= 0.3 is 6.09 Å². The number of azide groups is 2. The van der Waals surface area contributed by atoms with E-state index in [1.807, 2.05) is 0 Å². The Balaban J connectivity index is 2.86. The Hall–Kier alpha value is -2.11. The summed E-state index contributed by atoms with van der Waals surface area (Å²) in [6.45, 7) is 0.438. The number of carbonyl (C=O) groups is 1. The molecule has 0 radical (unpaired) electrons. The highest BCUT2D eigenvalue weighted by Gasteiger charge is 2.27. The Morgan fingerprint density at radius 1 is 1.31 bits per heavy atom. The van der Waals surface area contributed by atoms with Crippen LogP contribution >= 0.6 is 0 Å². The summed E-state index contributed by atoms with van der Waals surface area (Å²) in [5.41, 5.74) is 16.7. The molecule has 0 aliphatic carbocycles. The fourth-order valence-corrected chi connectivity index (χ4v) is 1.68. The molecule has 0 aromatic carbocycles. The van der Waals surface area contributed by atoms with E-state index in [0.29, 0.717) is 19.4 Å². The molecule has 1 aliphatic rings. The molecule has 0 bridgehead atoms. The van der Waals surface area contributed by atoms with E-state index in [1.54, 1.807) is 0 Å². The van der Waals surface area contributed by atoms with Crippen molar-refractivity contribution in [2.75, 3.05) is 13.1 Å². The van der Waals surface area contributed by atoms with Crippen LogP contribution in [0.25, 0.3) is 20.9 Å². The molecular weight excluding hydrogens is 214 g/mol. The first-order chi connectivity index (χ1) is 7.69. The van der Waals surface area contributed by atoms with Gasteiger partial charge in [-0.25, -0.2) is 4.79 Å². The van der Waals surface area contributed by atoms with Crippen LogP contribution in [-0.2, 0) is 0 Å².